The van der Waals surface area contributed by atoms with Crippen LogP contribution in [-0.4, -0.2) is 9.97 Å². The number of nitrogens with one attached hydrogen (secondary N) is 1. The Morgan fingerprint density at radius 3 is 2.86 bits per heavy atom. The maximum Gasteiger partial charge on any atom is 0.147 e. The van der Waals surface area contributed by atoms with Gasteiger partial charge in [0.1, 0.15) is 12.1 Å². The largest absolute Gasteiger partial charge is 0.365 e. The normalized spacial score (nSPS) is 11.0. The summed E-state index contributed by atoms with van der Waals surface area (Å²) in [5.41, 5.74) is 2.27. The minimum atomic E-state index is 0.755. The summed E-state index contributed by atoms with van der Waals surface area (Å²) in [6.45, 7) is 0.755. The van der Waals surface area contributed by atoms with Crippen molar-refractivity contribution in [1.29, 1.82) is 0 Å². The fraction of sp³-hybridized carbons (Fsp3) is 0.0588. The molecule has 0 amide bonds. The first-order chi connectivity index (χ1) is 10.4. The Morgan fingerprint density at radius 2 is 1.86 bits per heavy atom. The molecule has 4 aromatic rings. The zero-order valence-electron chi connectivity index (χ0n) is 11.3. The number of fused-ring (bicyclic) bond motifs is 2. The van der Waals surface area contributed by atoms with E-state index in [0.717, 1.165) is 22.6 Å². The highest BCUT2D eigenvalue weighted by Crippen LogP contribution is 2.26. The van der Waals surface area contributed by atoms with Crippen molar-refractivity contribution in [2.75, 3.05) is 5.32 Å². The second-order valence-corrected chi connectivity index (χ2v) is 5.77. The van der Waals surface area contributed by atoms with Crippen LogP contribution in [0.5, 0.6) is 0 Å². The Kier molecular flexibility index (Phi) is 3.01. The molecule has 0 aliphatic heterocycles. The second kappa shape index (κ2) is 5.14. The Bertz CT molecular complexity index is 909. The van der Waals surface area contributed by atoms with Crippen LogP contribution >= 0.6 is 11.3 Å². The molecule has 0 aliphatic carbocycles. The predicted molar refractivity (Wildman–Crippen MR) is 88.7 cm³/mol. The molecule has 0 saturated heterocycles. The number of rotatable bonds is 3. The number of hydrogen-bond acceptors (Lipinski definition) is 4. The lowest BCUT2D eigenvalue weighted by molar-refractivity contribution is 1.12. The summed E-state index contributed by atoms with van der Waals surface area (Å²) >= 11 is 1.67. The highest BCUT2D eigenvalue weighted by molar-refractivity contribution is 7.17. The Morgan fingerprint density at radius 1 is 0.952 bits per heavy atom. The lowest BCUT2D eigenvalue weighted by atomic mass is 10.0. The van der Waals surface area contributed by atoms with Crippen LogP contribution in [0.15, 0.2) is 60.2 Å². The zero-order valence-corrected chi connectivity index (χ0v) is 12.1. The molecule has 1 N–H and O–H groups in total. The van der Waals surface area contributed by atoms with Crippen LogP contribution in [0.4, 0.5) is 5.82 Å². The first kappa shape index (κ1) is 12.3. The summed E-state index contributed by atoms with van der Waals surface area (Å²) in [5.74, 6) is 0.905. The summed E-state index contributed by atoms with van der Waals surface area (Å²) in [4.78, 5) is 8.63. The smallest absolute Gasteiger partial charge is 0.147 e. The molecule has 0 spiro atoms. The van der Waals surface area contributed by atoms with Gasteiger partial charge in [-0.25, -0.2) is 9.97 Å². The highest BCUT2D eigenvalue weighted by atomic mass is 32.1. The zero-order chi connectivity index (χ0) is 14.1. The fourth-order valence-electron chi connectivity index (χ4n) is 2.54. The molecular weight excluding hydrogens is 278 g/mol. The van der Waals surface area contributed by atoms with Gasteiger partial charge in [0.2, 0.25) is 0 Å². The number of thiophene rings is 1. The van der Waals surface area contributed by atoms with Crippen molar-refractivity contribution < 1.29 is 0 Å². The topological polar surface area (TPSA) is 37.8 Å². The molecule has 4 rings (SSSR count). The predicted octanol–water partition coefficient (Wildman–Crippen LogP) is 4.46. The summed E-state index contributed by atoms with van der Waals surface area (Å²) in [6.07, 6.45) is 1.61. The van der Waals surface area contributed by atoms with E-state index in [2.05, 4.69) is 57.7 Å². The van der Waals surface area contributed by atoms with Gasteiger partial charge in [0.15, 0.2) is 0 Å². The average Bonchev–Trinajstić information content (AvgIpc) is 3.02. The molecule has 2 heterocycles. The monoisotopic (exact) mass is 291 g/mol. The minimum absolute atomic E-state index is 0.755. The third kappa shape index (κ3) is 2.23. The third-order valence-corrected chi connectivity index (χ3v) is 4.48. The van der Waals surface area contributed by atoms with E-state index in [9.17, 15) is 0 Å². The molecule has 4 heteroatoms. The molecule has 102 valence electrons. The van der Waals surface area contributed by atoms with Gasteiger partial charge in [-0.05, 0) is 27.8 Å². The summed E-state index contributed by atoms with van der Waals surface area (Å²) in [5, 5.41) is 8.03. The van der Waals surface area contributed by atoms with Gasteiger partial charge >= 0.3 is 0 Å². The number of nitrogens with zero attached hydrogens (tertiary/aromatic N) is 2. The standard InChI is InChI=1S/C17H13N3S/c1-2-7-14-12(4-1)5-3-6-13(14)10-18-17-16-15(8-9-21-16)19-11-20-17/h1-9,11H,10H2,(H,18,19,20). The van der Waals surface area contributed by atoms with Crippen LogP contribution in [0.3, 0.4) is 0 Å². The minimum Gasteiger partial charge on any atom is -0.365 e. The average molecular weight is 291 g/mol. The molecule has 0 saturated carbocycles. The molecule has 0 radical (unpaired) electrons. The number of aromatic nitrogens is 2. The van der Waals surface area contributed by atoms with Gasteiger partial charge in [0.05, 0.1) is 10.2 Å². The van der Waals surface area contributed by atoms with Crippen molar-refractivity contribution in [1.82, 2.24) is 9.97 Å². The van der Waals surface area contributed by atoms with Crippen molar-refractivity contribution in [2.45, 2.75) is 6.54 Å². The molecule has 0 atom stereocenters. The van der Waals surface area contributed by atoms with E-state index in [-0.39, 0.29) is 0 Å². The lowest BCUT2D eigenvalue weighted by Gasteiger charge is -2.09. The molecule has 0 unspecified atom stereocenters. The van der Waals surface area contributed by atoms with Gasteiger partial charge in [-0.1, -0.05) is 42.5 Å². The van der Waals surface area contributed by atoms with E-state index >= 15 is 0 Å². The van der Waals surface area contributed by atoms with E-state index in [1.54, 1.807) is 17.7 Å². The first-order valence-electron chi connectivity index (χ1n) is 6.80. The molecule has 2 aromatic carbocycles. The Hall–Kier alpha value is -2.46. The van der Waals surface area contributed by atoms with E-state index in [0.29, 0.717) is 0 Å². The molecule has 2 aromatic heterocycles. The van der Waals surface area contributed by atoms with Crippen LogP contribution in [0.2, 0.25) is 0 Å². The van der Waals surface area contributed by atoms with Gasteiger partial charge in [-0.3, -0.25) is 0 Å². The number of benzene rings is 2. The van der Waals surface area contributed by atoms with Crippen LogP contribution in [0.25, 0.3) is 21.0 Å². The van der Waals surface area contributed by atoms with Crippen molar-refractivity contribution in [2.24, 2.45) is 0 Å². The Balaban J connectivity index is 1.68. The molecule has 0 aliphatic rings. The Labute approximate surface area is 126 Å². The van der Waals surface area contributed by atoms with E-state index in [1.165, 1.54) is 16.3 Å². The van der Waals surface area contributed by atoms with E-state index < -0.39 is 0 Å². The van der Waals surface area contributed by atoms with E-state index in [1.807, 2.05) is 11.4 Å². The van der Waals surface area contributed by atoms with Crippen molar-refractivity contribution in [3.63, 3.8) is 0 Å². The molecular formula is C17H13N3S. The van der Waals surface area contributed by atoms with Gasteiger partial charge in [-0.2, -0.15) is 0 Å². The maximum atomic E-state index is 4.36. The van der Waals surface area contributed by atoms with Gasteiger partial charge in [0.25, 0.3) is 0 Å². The van der Waals surface area contributed by atoms with Crippen molar-refractivity contribution in [3.8, 4) is 0 Å². The first-order valence-corrected chi connectivity index (χ1v) is 7.68. The second-order valence-electron chi connectivity index (χ2n) is 4.85. The van der Waals surface area contributed by atoms with Crippen LogP contribution < -0.4 is 5.32 Å². The highest BCUT2D eigenvalue weighted by Gasteiger charge is 2.05. The molecule has 21 heavy (non-hydrogen) atoms. The quantitative estimate of drug-likeness (QED) is 0.605. The van der Waals surface area contributed by atoms with Crippen LogP contribution in [0.1, 0.15) is 5.56 Å². The van der Waals surface area contributed by atoms with E-state index in [4.69, 9.17) is 0 Å². The maximum absolute atomic E-state index is 4.36. The summed E-state index contributed by atoms with van der Waals surface area (Å²) in [7, 11) is 0. The summed E-state index contributed by atoms with van der Waals surface area (Å²) in [6, 6.07) is 16.9. The third-order valence-electron chi connectivity index (χ3n) is 3.57. The van der Waals surface area contributed by atoms with Crippen LogP contribution in [-0.2, 0) is 6.54 Å². The van der Waals surface area contributed by atoms with Gasteiger partial charge in [-0.15, -0.1) is 11.3 Å². The molecule has 3 nitrogen and oxygen atoms in total. The fourth-order valence-corrected chi connectivity index (χ4v) is 3.35. The SMILES string of the molecule is c1ccc2c(CNc3ncnc4ccsc34)cccc2c1. The summed E-state index contributed by atoms with van der Waals surface area (Å²) < 4.78 is 1.11. The number of hydrogen-bond donors (Lipinski definition) is 1. The van der Waals surface area contributed by atoms with Crippen molar-refractivity contribution >= 4 is 38.1 Å². The van der Waals surface area contributed by atoms with Gasteiger partial charge < -0.3 is 5.32 Å². The van der Waals surface area contributed by atoms with Crippen LogP contribution in [0, 0.1) is 0 Å². The number of anilines is 1. The van der Waals surface area contributed by atoms with Crippen molar-refractivity contribution in [3.05, 3.63) is 65.8 Å². The molecule has 0 fully saturated rings. The lowest BCUT2D eigenvalue weighted by Crippen LogP contribution is -2.02. The van der Waals surface area contributed by atoms with Gasteiger partial charge in [0, 0.05) is 6.54 Å². The molecule has 0 bridgehead atoms.